The molecule has 2 aliphatic heterocycles. The summed E-state index contributed by atoms with van der Waals surface area (Å²) in [5, 5.41) is 3.63. The van der Waals surface area contributed by atoms with Crippen LogP contribution in [0.1, 0.15) is 45.6 Å². The molecule has 2 heterocycles. The topological polar surface area (TPSA) is 15.3 Å². The normalized spacial score (nSPS) is 27.6. The van der Waals surface area contributed by atoms with Crippen LogP contribution < -0.4 is 5.32 Å². The fourth-order valence-electron chi connectivity index (χ4n) is 4.03. The number of hydrogen-bond donors (Lipinski definition) is 1. The number of anilines is 1. The Morgan fingerprint density at radius 3 is 2.71 bits per heavy atom. The molecule has 3 rings (SSSR count). The Labute approximate surface area is 129 Å². The van der Waals surface area contributed by atoms with Gasteiger partial charge in [0.2, 0.25) is 0 Å². The number of rotatable bonds is 1. The summed E-state index contributed by atoms with van der Waals surface area (Å²) in [7, 11) is 0. The molecule has 0 bridgehead atoms. The summed E-state index contributed by atoms with van der Waals surface area (Å²) in [6, 6.07) is 9.47. The fraction of sp³-hybridized carbons (Fsp3) is 0.684. The summed E-state index contributed by atoms with van der Waals surface area (Å²) in [5.41, 5.74) is 3.30. The molecular formula is C19H30N2. The van der Waals surface area contributed by atoms with Crippen LogP contribution in [0.4, 0.5) is 5.69 Å². The maximum atomic E-state index is 3.63. The first kappa shape index (κ1) is 14.9. The highest BCUT2D eigenvalue weighted by atomic mass is 15.2. The van der Waals surface area contributed by atoms with Crippen LogP contribution in [0, 0.1) is 11.3 Å². The van der Waals surface area contributed by atoms with Crippen molar-refractivity contribution in [2.45, 2.75) is 52.5 Å². The molecule has 2 atom stereocenters. The Bertz CT molecular complexity index is 475. The van der Waals surface area contributed by atoms with Crippen molar-refractivity contribution >= 4 is 5.69 Å². The lowest BCUT2D eigenvalue weighted by atomic mass is 9.77. The quantitative estimate of drug-likeness (QED) is 0.833. The highest BCUT2D eigenvalue weighted by Crippen LogP contribution is 2.35. The van der Waals surface area contributed by atoms with E-state index >= 15 is 0 Å². The van der Waals surface area contributed by atoms with Crippen LogP contribution in [0.15, 0.2) is 24.3 Å². The number of fused-ring (bicyclic) bond motifs is 1. The van der Waals surface area contributed by atoms with E-state index < -0.39 is 0 Å². The van der Waals surface area contributed by atoms with E-state index in [2.05, 4.69) is 55.3 Å². The zero-order valence-electron chi connectivity index (χ0n) is 13.9. The lowest BCUT2D eigenvalue weighted by molar-refractivity contribution is 0.184. The van der Waals surface area contributed by atoms with Crippen LogP contribution in [-0.2, 0) is 6.42 Å². The van der Waals surface area contributed by atoms with Crippen molar-refractivity contribution < 1.29 is 0 Å². The standard InChI is InChI=1S/C19H30N2/c1-19(2,3)16-8-6-11-21(12-10-16)17-13-15-7-4-5-9-18(15)20-14-17/h4-5,7,9,16-17,20H,6,8,10-14H2,1-3H3. The van der Waals surface area contributed by atoms with Crippen LogP contribution in [0.25, 0.3) is 0 Å². The average Bonchev–Trinajstić information content (AvgIpc) is 2.72. The van der Waals surface area contributed by atoms with Gasteiger partial charge in [-0.25, -0.2) is 0 Å². The average molecular weight is 286 g/mol. The minimum absolute atomic E-state index is 0.466. The van der Waals surface area contributed by atoms with E-state index in [1.807, 2.05) is 0 Å². The summed E-state index contributed by atoms with van der Waals surface area (Å²) in [5.74, 6) is 0.881. The van der Waals surface area contributed by atoms with Crippen LogP contribution in [-0.4, -0.2) is 30.6 Å². The largest absolute Gasteiger partial charge is 0.383 e. The molecule has 21 heavy (non-hydrogen) atoms. The number of nitrogens with one attached hydrogen (secondary N) is 1. The van der Waals surface area contributed by atoms with Crippen molar-refractivity contribution in [1.29, 1.82) is 0 Å². The zero-order valence-corrected chi connectivity index (χ0v) is 13.9. The summed E-state index contributed by atoms with van der Waals surface area (Å²) in [4.78, 5) is 2.74. The third kappa shape index (κ3) is 3.42. The molecule has 116 valence electrons. The van der Waals surface area contributed by atoms with Gasteiger partial charge in [-0.05, 0) is 61.7 Å². The van der Waals surface area contributed by atoms with E-state index in [0.717, 1.165) is 12.5 Å². The molecule has 1 N–H and O–H groups in total. The fourth-order valence-corrected chi connectivity index (χ4v) is 4.03. The van der Waals surface area contributed by atoms with Gasteiger partial charge in [-0.2, -0.15) is 0 Å². The van der Waals surface area contributed by atoms with E-state index in [1.165, 1.54) is 50.0 Å². The van der Waals surface area contributed by atoms with Gasteiger partial charge < -0.3 is 5.32 Å². The molecule has 2 aliphatic rings. The Kier molecular flexibility index (Phi) is 4.26. The van der Waals surface area contributed by atoms with Crippen molar-refractivity contribution in [3.8, 4) is 0 Å². The summed E-state index contributed by atoms with van der Waals surface area (Å²) in [6.45, 7) is 10.9. The van der Waals surface area contributed by atoms with Gasteiger partial charge in [-0.15, -0.1) is 0 Å². The number of benzene rings is 1. The van der Waals surface area contributed by atoms with Crippen molar-refractivity contribution in [2.24, 2.45) is 11.3 Å². The van der Waals surface area contributed by atoms with Gasteiger partial charge in [0.25, 0.3) is 0 Å². The van der Waals surface area contributed by atoms with E-state index in [4.69, 9.17) is 0 Å². The molecule has 2 nitrogen and oxygen atoms in total. The Hall–Kier alpha value is -1.02. The van der Waals surface area contributed by atoms with Crippen molar-refractivity contribution in [1.82, 2.24) is 4.90 Å². The Morgan fingerprint density at radius 1 is 1.10 bits per heavy atom. The molecule has 2 unspecified atom stereocenters. The first-order valence-corrected chi connectivity index (χ1v) is 8.60. The number of hydrogen-bond acceptors (Lipinski definition) is 2. The van der Waals surface area contributed by atoms with Gasteiger partial charge in [0.15, 0.2) is 0 Å². The van der Waals surface area contributed by atoms with E-state index in [1.54, 1.807) is 0 Å². The minimum atomic E-state index is 0.466. The maximum absolute atomic E-state index is 3.63. The minimum Gasteiger partial charge on any atom is -0.383 e. The molecule has 0 aromatic heterocycles. The van der Waals surface area contributed by atoms with Crippen LogP contribution in [0.5, 0.6) is 0 Å². The monoisotopic (exact) mass is 286 g/mol. The number of para-hydroxylation sites is 1. The molecule has 1 aromatic rings. The first-order valence-electron chi connectivity index (χ1n) is 8.60. The highest BCUT2D eigenvalue weighted by Gasteiger charge is 2.30. The molecular weight excluding hydrogens is 256 g/mol. The molecule has 0 saturated carbocycles. The number of likely N-dealkylation sites (tertiary alicyclic amines) is 1. The molecule has 2 heteroatoms. The van der Waals surface area contributed by atoms with Crippen molar-refractivity contribution in [2.75, 3.05) is 25.0 Å². The van der Waals surface area contributed by atoms with Crippen molar-refractivity contribution in [3.05, 3.63) is 29.8 Å². The van der Waals surface area contributed by atoms with Gasteiger partial charge >= 0.3 is 0 Å². The Balaban J connectivity index is 1.64. The van der Waals surface area contributed by atoms with E-state index in [-0.39, 0.29) is 0 Å². The second kappa shape index (κ2) is 6.00. The third-order valence-corrected chi connectivity index (χ3v) is 5.50. The third-order valence-electron chi connectivity index (χ3n) is 5.50. The molecule has 0 aliphatic carbocycles. The molecule has 1 saturated heterocycles. The maximum Gasteiger partial charge on any atom is 0.0373 e. The lowest BCUT2D eigenvalue weighted by Crippen LogP contribution is -2.44. The summed E-state index contributed by atoms with van der Waals surface area (Å²) < 4.78 is 0. The predicted molar refractivity (Wildman–Crippen MR) is 90.8 cm³/mol. The molecule has 0 radical (unpaired) electrons. The summed E-state index contributed by atoms with van der Waals surface area (Å²) >= 11 is 0. The second-order valence-electron chi connectivity index (χ2n) is 7.93. The van der Waals surface area contributed by atoms with Gasteiger partial charge in [0.05, 0.1) is 0 Å². The van der Waals surface area contributed by atoms with E-state index in [9.17, 15) is 0 Å². The molecule has 1 aromatic carbocycles. The van der Waals surface area contributed by atoms with Gasteiger partial charge in [-0.3, -0.25) is 4.90 Å². The lowest BCUT2D eigenvalue weighted by Gasteiger charge is -2.35. The first-order chi connectivity index (χ1) is 10.0. The SMILES string of the molecule is CC(C)(C)C1CCCN(C2CNc3ccccc3C2)CC1. The van der Waals surface area contributed by atoms with Gasteiger partial charge in [-0.1, -0.05) is 39.0 Å². The molecule has 0 amide bonds. The zero-order chi connectivity index (χ0) is 14.9. The van der Waals surface area contributed by atoms with Gasteiger partial charge in [0, 0.05) is 18.3 Å². The van der Waals surface area contributed by atoms with E-state index in [0.29, 0.717) is 11.5 Å². The Morgan fingerprint density at radius 2 is 1.90 bits per heavy atom. The summed E-state index contributed by atoms with van der Waals surface area (Å²) in [6.07, 6.45) is 5.34. The van der Waals surface area contributed by atoms with Crippen LogP contribution >= 0.6 is 0 Å². The molecule has 0 spiro atoms. The van der Waals surface area contributed by atoms with Gasteiger partial charge in [0.1, 0.15) is 0 Å². The van der Waals surface area contributed by atoms with Crippen molar-refractivity contribution in [3.63, 3.8) is 0 Å². The number of nitrogens with zero attached hydrogens (tertiary/aromatic N) is 1. The molecule has 1 fully saturated rings. The van der Waals surface area contributed by atoms with Crippen LogP contribution in [0.3, 0.4) is 0 Å². The predicted octanol–water partition coefficient (Wildman–Crippen LogP) is 4.17. The second-order valence-corrected chi connectivity index (χ2v) is 7.93. The van der Waals surface area contributed by atoms with Crippen LogP contribution in [0.2, 0.25) is 0 Å². The highest BCUT2D eigenvalue weighted by molar-refractivity contribution is 5.53. The smallest absolute Gasteiger partial charge is 0.0373 e.